The molecule has 5 nitrogen and oxygen atoms in total. The van der Waals surface area contributed by atoms with Crippen molar-refractivity contribution in [1.82, 2.24) is 0 Å². The average molecular weight is 381 g/mol. The number of hydrogen-bond donors (Lipinski definition) is 1. The SMILES string of the molecule is CCOc1ccc(CC(=O)OCC(=O)Nc2ccc(C(F)(F)F)cc2)cc1. The van der Waals surface area contributed by atoms with Gasteiger partial charge in [0.25, 0.3) is 5.91 Å². The number of rotatable bonds is 7. The number of benzene rings is 2. The number of amides is 1. The third kappa shape index (κ3) is 6.65. The number of esters is 1. The van der Waals surface area contributed by atoms with Crippen LogP contribution in [0.3, 0.4) is 0 Å². The molecule has 0 aliphatic carbocycles. The molecule has 0 fully saturated rings. The summed E-state index contributed by atoms with van der Waals surface area (Å²) in [7, 11) is 0. The molecule has 2 rings (SSSR count). The van der Waals surface area contributed by atoms with E-state index >= 15 is 0 Å². The fraction of sp³-hybridized carbons (Fsp3) is 0.263. The van der Waals surface area contributed by atoms with Crippen LogP contribution in [0.4, 0.5) is 18.9 Å². The fourth-order valence-electron chi connectivity index (χ4n) is 2.17. The Morgan fingerprint density at radius 2 is 1.63 bits per heavy atom. The lowest BCUT2D eigenvalue weighted by atomic mass is 10.1. The Hall–Kier alpha value is -3.03. The number of hydrogen-bond acceptors (Lipinski definition) is 4. The van der Waals surface area contributed by atoms with Crippen LogP contribution in [0.15, 0.2) is 48.5 Å². The summed E-state index contributed by atoms with van der Waals surface area (Å²) in [5.41, 5.74) is 0.0597. The normalized spacial score (nSPS) is 11.0. The highest BCUT2D eigenvalue weighted by atomic mass is 19.4. The minimum absolute atomic E-state index is 0.0139. The Morgan fingerprint density at radius 1 is 1.00 bits per heavy atom. The van der Waals surface area contributed by atoms with E-state index < -0.39 is 30.2 Å². The van der Waals surface area contributed by atoms with E-state index in [9.17, 15) is 22.8 Å². The first-order valence-corrected chi connectivity index (χ1v) is 8.12. The number of alkyl halides is 3. The highest BCUT2D eigenvalue weighted by Crippen LogP contribution is 2.29. The minimum atomic E-state index is -4.45. The number of carbonyl (C=O) groups is 2. The van der Waals surface area contributed by atoms with Crippen molar-refractivity contribution < 1.29 is 32.2 Å². The van der Waals surface area contributed by atoms with Gasteiger partial charge >= 0.3 is 12.1 Å². The van der Waals surface area contributed by atoms with Crippen LogP contribution in [0, 0.1) is 0 Å². The molecule has 0 spiro atoms. The molecule has 144 valence electrons. The molecule has 0 saturated carbocycles. The van der Waals surface area contributed by atoms with E-state index in [0.29, 0.717) is 17.9 Å². The summed E-state index contributed by atoms with van der Waals surface area (Å²) in [4.78, 5) is 23.5. The quantitative estimate of drug-likeness (QED) is 0.741. The molecule has 27 heavy (non-hydrogen) atoms. The summed E-state index contributed by atoms with van der Waals surface area (Å²) < 4.78 is 47.6. The van der Waals surface area contributed by atoms with Crippen LogP contribution in [-0.2, 0) is 26.9 Å². The van der Waals surface area contributed by atoms with Gasteiger partial charge < -0.3 is 14.8 Å². The van der Waals surface area contributed by atoms with Crippen molar-refractivity contribution in [3.05, 3.63) is 59.7 Å². The van der Waals surface area contributed by atoms with Gasteiger partial charge in [0, 0.05) is 5.69 Å². The molecule has 0 atom stereocenters. The van der Waals surface area contributed by atoms with Crippen LogP contribution < -0.4 is 10.1 Å². The topological polar surface area (TPSA) is 64.6 Å². The molecule has 0 aliphatic heterocycles. The summed E-state index contributed by atoms with van der Waals surface area (Å²) >= 11 is 0. The van der Waals surface area contributed by atoms with E-state index in [1.165, 1.54) is 0 Å². The van der Waals surface area contributed by atoms with Gasteiger partial charge in [0.05, 0.1) is 18.6 Å². The van der Waals surface area contributed by atoms with Gasteiger partial charge in [0.2, 0.25) is 0 Å². The van der Waals surface area contributed by atoms with Crippen molar-refractivity contribution in [2.45, 2.75) is 19.5 Å². The molecule has 8 heteroatoms. The largest absolute Gasteiger partial charge is 0.494 e. The number of halogens is 3. The third-order valence-electron chi connectivity index (χ3n) is 3.44. The van der Waals surface area contributed by atoms with Crippen LogP contribution in [0.2, 0.25) is 0 Å². The standard InChI is InChI=1S/C19H18F3NO4/c1-2-26-16-9-3-13(4-10-16)11-18(25)27-12-17(24)23-15-7-5-14(6-8-15)19(20,21)22/h3-10H,2,11-12H2,1H3,(H,23,24). The van der Waals surface area contributed by atoms with Crippen molar-refractivity contribution in [2.75, 3.05) is 18.5 Å². The molecule has 1 N–H and O–H groups in total. The Morgan fingerprint density at radius 3 is 2.19 bits per heavy atom. The monoisotopic (exact) mass is 381 g/mol. The van der Waals surface area contributed by atoms with Crippen molar-refractivity contribution >= 4 is 17.6 Å². The maximum atomic E-state index is 12.5. The molecule has 1 amide bonds. The third-order valence-corrected chi connectivity index (χ3v) is 3.44. The van der Waals surface area contributed by atoms with Gasteiger partial charge in [-0.05, 0) is 48.9 Å². The molecule has 0 radical (unpaired) electrons. The first-order valence-electron chi connectivity index (χ1n) is 8.12. The van der Waals surface area contributed by atoms with Gasteiger partial charge in [-0.2, -0.15) is 13.2 Å². The fourth-order valence-corrected chi connectivity index (χ4v) is 2.17. The smallest absolute Gasteiger partial charge is 0.416 e. The van der Waals surface area contributed by atoms with Gasteiger partial charge in [-0.25, -0.2) is 0 Å². The highest BCUT2D eigenvalue weighted by molar-refractivity contribution is 5.92. The molecule has 0 aliphatic rings. The lowest BCUT2D eigenvalue weighted by Crippen LogP contribution is -2.21. The van der Waals surface area contributed by atoms with Gasteiger partial charge in [0.15, 0.2) is 6.61 Å². The average Bonchev–Trinajstić information content (AvgIpc) is 2.62. The molecule has 2 aromatic carbocycles. The van der Waals surface area contributed by atoms with Gasteiger partial charge in [0.1, 0.15) is 5.75 Å². The van der Waals surface area contributed by atoms with Gasteiger partial charge in [-0.3, -0.25) is 9.59 Å². The first-order chi connectivity index (χ1) is 12.8. The predicted molar refractivity (Wildman–Crippen MR) is 92.3 cm³/mol. The van der Waals surface area contributed by atoms with E-state index in [2.05, 4.69) is 5.32 Å². The van der Waals surface area contributed by atoms with Crippen LogP contribution in [0.25, 0.3) is 0 Å². The summed E-state index contributed by atoms with van der Waals surface area (Å²) in [6.07, 6.45) is -4.46. The van der Waals surface area contributed by atoms with Crippen molar-refractivity contribution in [3.8, 4) is 5.75 Å². The number of carbonyl (C=O) groups excluding carboxylic acids is 2. The van der Waals surface area contributed by atoms with Gasteiger partial charge in [-0.1, -0.05) is 12.1 Å². The number of nitrogens with one attached hydrogen (secondary N) is 1. The summed E-state index contributed by atoms with van der Waals surface area (Å²) in [6, 6.07) is 10.8. The second-order valence-corrected chi connectivity index (χ2v) is 5.54. The second-order valence-electron chi connectivity index (χ2n) is 5.54. The first kappa shape index (κ1) is 20.3. The molecule has 2 aromatic rings. The lowest BCUT2D eigenvalue weighted by molar-refractivity contribution is -0.146. The Kier molecular flexibility index (Phi) is 6.81. The van der Waals surface area contributed by atoms with Crippen LogP contribution in [0.5, 0.6) is 5.75 Å². The Labute approximate surface area is 154 Å². The van der Waals surface area contributed by atoms with Crippen molar-refractivity contribution in [3.63, 3.8) is 0 Å². The molecular formula is C19H18F3NO4. The molecular weight excluding hydrogens is 363 g/mol. The highest BCUT2D eigenvalue weighted by Gasteiger charge is 2.29. The van der Waals surface area contributed by atoms with Crippen LogP contribution in [0.1, 0.15) is 18.1 Å². The van der Waals surface area contributed by atoms with E-state index in [4.69, 9.17) is 9.47 Å². The molecule has 0 saturated heterocycles. The molecule has 0 unspecified atom stereocenters. The Bertz CT molecular complexity index is 771. The van der Waals surface area contributed by atoms with Crippen LogP contribution in [-0.4, -0.2) is 25.1 Å². The maximum Gasteiger partial charge on any atom is 0.416 e. The van der Waals surface area contributed by atoms with Crippen molar-refractivity contribution in [1.29, 1.82) is 0 Å². The van der Waals surface area contributed by atoms with Gasteiger partial charge in [-0.15, -0.1) is 0 Å². The van der Waals surface area contributed by atoms with Crippen molar-refractivity contribution in [2.24, 2.45) is 0 Å². The van der Waals surface area contributed by atoms with E-state index in [1.807, 2.05) is 6.92 Å². The molecule has 0 aromatic heterocycles. The second kappa shape index (κ2) is 9.07. The molecule has 0 heterocycles. The molecule has 0 bridgehead atoms. The zero-order valence-electron chi connectivity index (χ0n) is 14.5. The zero-order valence-corrected chi connectivity index (χ0v) is 14.5. The predicted octanol–water partition coefficient (Wildman–Crippen LogP) is 3.83. The lowest BCUT2D eigenvalue weighted by Gasteiger charge is -2.09. The Balaban J connectivity index is 1.78. The zero-order chi connectivity index (χ0) is 19.9. The maximum absolute atomic E-state index is 12.5. The van der Waals surface area contributed by atoms with E-state index in [0.717, 1.165) is 24.3 Å². The van der Waals surface area contributed by atoms with Crippen LogP contribution >= 0.6 is 0 Å². The number of anilines is 1. The summed E-state index contributed by atoms with van der Waals surface area (Å²) in [6.45, 7) is 1.87. The minimum Gasteiger partial charge on any atom is -0.494 e. The number of ether oxygens (including phenoxy) is 2. The summed E-state index contributed by atoms with van der Waals surface area (Å²) in [5.74, 6) is -0.554. The summed E-state index contributed by atoms with van der Waals surface area (Å²) in [5, 5.41) is 2.36. The van der Waals surface area contributed by atoms with E-state index in [-0.39, 0.29) is 12.1 Å². The van der Waals surface area contributed by atoms with E-state index in [1.54, 1.807) is 24.3 Å².